The molecule has 0 radical (unpaired) electrons. The van der Waals surface area contributed by atoms with Crippen molar-refractivity contribution in [1.29, 1.82) is 0 Å². The van der Waals surface area contributed by atoms with Crippen LogP contribution in [0, 0.1) is 0 Å². The smallest absolute Gasteiger partial charge is 0.307 e. The van der Waals surface area contributed by atoms with Crippen LogP contribution in [0.2, 0.25) is 0 Å². The van der Waals surface area contributed by atoms with Crippen molar-refractivity contribution >= 4 is 11.9 Å². The fourth-order valence-electron chi connectivity index (χ4n) is 2.77. The minimum Gasteiger partial charge on any atom is -0.494 e. The molecule has 0 saturated carbocycles. The molecule has 6 nitrogen and oxygen atoms in total. The summed E-state index contributed by atoms with van der Waals surface area (Å²) < 4.78 is 15.9. The summed E-state index contributed by atoms with van der Waals surface area (Å²) in [4.78, 5) is 25.6. The van der Waals surface area contributed by atoms with Gasteiger partial charge in [0.2, 0.25) is 5.91 Å². The van der Waals surface area contributed by atoms with Gasteiger partial charge >= 0.3 is 5.97 Å². The van der Waals surface area contributed by atoms with Gasteiger partial charge in [-0.15, -0.1) is 0 Å². The third kappa shape index (κ3) is 7.13. The van der Waals surface area contributed by atoms with E-state index in [2.05, 4.69) is 4.74 Å². The molecular weight excluding hydrogens is 322 g/mol. The van der Waals surface area contributed by atoms with Crippen LogP contribution in [-0.4, -0.2) is 56.3 Å². The summed E-state index contributed by atoms with van der Waals surface area (Å²) in [5.41, 5.74) is 0. The monoisotopic (exact) mass is 349 g/mol. The number of hydrogen-bond donors (Lipinski definition) is 0. The normalized spacial score (nSPS) is 16.4. The molecule has 138 valence electrons. The number of amides is 1. The summed E-state index contributed by atoms with van der Waals surface area (Å²) in [6.45, 7) is 2.13. The lowest BCUT2D eigenvalue weighted by Gasteiger charge is -2.25. The van der Waals surface area contributed by atoms with E-state index in [0.717, 1.165) is 25.2 Å². The lowest BCUT2D eigenvalue weighted by atomic mass is 10.2. The molecule has 0 aliphatic carbocycles. The van der Waals surface area contributed by atoms with Crippen LogP contribution in [0.15, 0.2) is 30.3 Å². The van der Waals surface area contributed by atoms with E-state index in [-0.39, 0.29) is 24.4 Å². The molecule has 1 aromatic carbocycles. The SMILES string of the molecule is COC(=O)CCN(CC1CCCO1)C(=O)CCCOc1ccccc1. The Morgan fingerprint density at radius 3 is 2.72 bits per heavy atom. The van der Waals surface area contributed by atoms with Gasteiger partial charge in [0.1, 0.15) is 5.75 Å². The van der Waals surface area contributed by atoms with E-state index in [1.807, 2.05) is 30.3 Å². The maximum atomic E-state index is 12.5. The predicted octanol–water partition coefficient (Wildman–Crippen LogP) is 2.42. The molecule has 1 aromatic rings. The minimum atomic E-state index is -0.308. The van der Waals surface area contributed by atoms with Crippen LogP contribution in [0.1, 0.15) is 32.1 Å². The molecular formula is C19H27NO5. The molecule has 0 bridgehead atoms. The summed E-state index contributed by atoms with van der Waals surface area (Å²) in [6.07, 6.45) is 3.28. The molecule has 25 heavy (non-hydrogen) atoms. The van der Waals surface area contributed by atoms with Gasteiger partial charge in [0.15, 0.2) is 0 Å². The average molecular weight is 349 g/mol. The number of hydrogen-bond acceptors (Lipinski definition) is 5. The largest absolute Gasteiger partial charge is 0.494 e. The zero-order chi connectivity index (χ0) is 17.9. The third-order valence-electron chi connectivity index (χ3n) is 4.16. The van der Waals surface area contributed by atoms with Gasteiger partial charge in [0.05, 0.1) is 26.2 Å². The highest BCUT2D eigenvalue weighted by Crippen LogP contribution is 2.15. The molecule has 0 spiro atoms. The van der Waals surface area contributed by atoms with E-state index in [1.165, 1.54) is 7.11 Å². The summed E-state index contributed by atoms with van der Waals surface area (Å²) in [5, 5.41) is 0. The van der Waals surface area contributed by atoms with Gasteiger partial charge in [0, 0.05) is 26.1 Å². The van der Waals surface area contributed by atoms with Crippen molar-refractivity contribution in [2.45, 2.75) is 38.2 Å². The van der Waals surface area contributed by atoms with Crippen molar-refractivity contribution in [2.24, 2.45) is 0 Å². The molecule has 6 heteroatoms. The van der Waals surface area contributed by atoms with Crippen LogP contribution in [0.4, 0.5) is 0 Å². The zero-order valence-electron chi connectivity index (χ0n) is 14.8. The van der Waals surface area contributed by atoms with Crippen LogP contribution in [0.25, 0.3) is 0 Å². The van der Waals surface area contributed by atoms with Gasteiger partial charge in [-0.05, 0) is 31.4 Å². The van der Waals surface area contributed by atoms with E-state index in [9.17, 15) is 9.59 Å². The summed E-state index contributed by atoms with van der Waals surface area (Å²) in [6, 6.07) is 9.54. The molecule has 1 amide bonds. The van der Waals surface area contributed by atoms with Gasteiger partial charge in [-0.2, -0.15) is 0 Å². The second kappa shape index (κ2) is 10.7. The first-order valence-electron chi connectivity index (χ1n) is 8.83. The van der Waals surface area contributed by atoms with E-state index in [0.29, 0.717) is 32.5 Å². The van der Waals surface area contributed by atoms with Crippen LogP contribution in [-0.2, 0) is 19.1 Å². The Bertz CT molecular complexity index is 528. The molecule has 2 rings (SSSR count). The summed E-state index contributed by atoms with van der Waals surface area (Å²) in [7, 11) is 1.36. The number of benzene rings is 1. The number of nitrogens with zero attached hydrogens (tertiary/aromatic N) is 1. The number of esters is 1. The lowest BCUT2D eigenvalue weighted by molar-refractivity contribution is -0.142. The number of para-hydroxylation sites is 1. The highest BCUT2D eigenvalue weighted by molar-refractivity contribution is 5.77. The molecule has 1 aliphatic rings. The number of carbonyl (C=O) groups is 2. The summed E-state index contributed by atoms with van der Waals surface area (Å²) >= 11 is 0. The Labute approximate surface area is 149 Å². The van der Waals surface area contributed by atoms with Crippen LogP contribution in [0.3, 0.4) is 0 Å². The number of methoxy groups -OCH3 is 1. The van der Waals surface area contributed by atoms with Crippen molar-refractivity contribution < 1.29 is 23.8 Å². The van der Waals surface area contributed by atoms with E-state index in [4.69, 9.17) is 9.47 Å². The highest BCUT2D eigenvalue weighted by Gasteiger charge is 2.23. The quantitative estimate of drug-likeness (QED) is 0.479. The van der Waals surface area contributed by atoms with Crippen molar-refractivity contribution in [1.82, 2.24) is 4.90 Å². The van der Waals surface area contributed by atoms with E-state index in [1.54, 1.807) is 4.90 Å². The number of rotatable bonds is 10. The fourth-order valence-corrected chi connectivity index (χ4v) is 2.77. The van der Waals surface area contributed by atoms with Gasteiger partial charge in [-0.25, -0.2) is 0 Å². The van der Waals surface area contributed by atoms with Gasteiger partial charge in [-0.1, -0.05) is 18.2 Å². The van der Waals surface area contributed by atoms with Crippen molar-refractivity contribution in [3.8, 4) is 5.75 Å². The molecule has 0 N–H and O–H groups in total. The highest BCUT2D eigenvalue weighted by atomic mass is 16.5. The molecule has 0 aromatic heterocycles. The first kappa shape index (κ1) is 19.2. The first-order valence-corrected chi connectivity index (χ1v) is 8.83. The maximum Gasteiger partial charge on any atom is 0.307 e. The Kier molecular flexibility index (Phi) is 8.25. The van der Waals surface area contributed by atoms with Crippen LogP contribution >= 0.6 is 0 Å². The van der Waals surface area contributed by atoms with Gasteiger partial charge < -0.3 is 19.1 Å². The van der Waals surface area contributed by atoms with Crippen molar-refractivity contribution in [3.63, 3.8) is 0 Å². The van der Waals surface area contributed by atoms with Gasteiger partial charge in [0.25, 0.3) is 0 Å². The van der Waals surface area contributed by atoms with Crippen molar-refractivity contribution in [2.75, 3.05) is 33.4 Å². The Balaban J connectivity index is 1.75. The third-order valence-corrected chi connectivity index (χ3v) is 4.16. The zero-order valence-corrected chi connectivity index (χ0v) is 14.8. The standard InChI is InChI=1S/C19H27NO5/c1-23-19(22)11-12-20(15-17-9-5-13-25-17)18(21)10-6-14-24-16-7-3-2-4-8-16/h2-4,7-8,17H,5-6,9-15H2,1H3. The Morgan fingerprint density at radius 2 is 2.04 bits per heavy atom. The molecule has 1 unspecified atom stereocenters. The molecule has 1 atom stereocenters. The molecule has 1 saturated heterocycles. The first-order chi connectivity index (χ1) is 12.2. The lowest BCUT2D eigenvalue weighted by Crippen LogP contribution is -2.38. The Hall–Kier alpha value is -2.08. The molecule has 1 fully saturated rings. The van der Waals surface area contributed by atoms with E-state index < -0.39 is 0 Å². The Morgan fingerprint density at radius 1 is 1.24 bits per heavy atom. The van der Waals surface area contributed by atoms with Crippen LogP contribution in [0.5, 0.6) is 5.75 Å². The van der Waals surface area contributed by atoms with E-state index >= 15 is 0 Å². The second-order valence-electron chi connectivity index (χ2n) is 6.07. The van der Waals surface area contributed by atoms with Crippen LogP contribution < -0.4 is 4.74 Å². The number of carbonyl (C=O) groups excluding carboxylic acids is 2. The number of ether oxygens (including phenoxy) is 3. The van der Waals surface area contributed by atoms with Gasteiger partial charge in [-0.3, -0.25) is 9.59 Å². The fraction of sp³-hybridized carbons (Fsp3) is 0.579. The molecule has 1 heterocycles. The minimum absolute atomic E-state index is 0.0241. The topological polar surface area (TPSA) is 65.1 Å². The summed E-state index contributed by atoms with van der Waals surface area (Å²) in [5.74, 6) is 0.519. The molecule has 1 aliphatic heterocycles. The predicted molar refractivity (Wildman–Crippen MR) is 93.4 cm³/mol. The second-order valence-corrected chi connectivity index (χ2v) is 6.07. The maximum absolute atomic E-state index is 12.5. The van der Waals surface area contributed by atoms with Crippen molar-refractivity contribution in [3.05, 3.63) is 30.3 Å². The average Bonchev–Trinajstić information content (AvgIpc) is 3.15.